The molecular formula is C21H28N4O3. The number of carbonyl (C=O) groups excluding carboxylic acids is 1. The number of anilines is 1. The number of aromatic nitrogens is 2. The number of ether oxygens (including phenoxy) is 2. The summed E-state index contributed by atoms with van der Waals surface area (Å²) in [7, 11) is 0. The van der Waals surface area contributed by atoms with E-state index in [1.54, 1.807) is 0 Å². The first-order chi connectivity index (χ1) is 13.7. The summed E-state index contributed by atoms with van der Waals surface area (Å²) in [6.07, 6.45) is 4.11. The Hall–Kier alpha value is -2.41. The highest BCUT2D eigenvalue weighted by Gasteiger charge is 2.29. The molecule has 3 heterocycles. The van der Waals surface area contributed by atoms with E-state index in [1.807, 2.05) is 31.2 Å². The van der Waals surface area contributed by atoms with Gasteiger partial charge in [-0.15, -0.1) is 0 Å². The van der Waals surface area contributed by atoms with Crippen LogP contribution in [0, 0.1) is 5.92 Å². The van der Waals surface area contributed by atoms with Gasteiger partial charge in [0.1, 0.15) is 0 Å². The van der Waals surface area contributed by atoms with Gasteiger partial charge in [-0.3, -0.25) is 4.79 Å². The second-order valence-electron chi connectivity index (χ2n) is 7.44. The van der Waals surface area contributed by atoms with Crippen molar-refractivity contribution in [3.63, 3.8) is 0 Å². The summed E-state index contributed by atoms with van der Waals surface area (Å²) < 4.78 is 11.4. The van der Waals surface area contributed by atoms with Crippen molar-refractivity contribution >= 4 is 22.8 Å². The Morgan fingerprint density at radius 3 is 2.82 bits per heavy atom. The molecule has 2 saturated heterocycles. The molecule has 2 fully saturated rings. The summed E-state index contributed by atoms with van der Waals surface area (Å²) >= 11 is 0. The van der Waals surface area contributed by atoms with Gasteiger partial charge in [-0.1, -0.05) is 12.1 Å². The van der Waals surface area contributed by atoms with E-state index in [1.165, 1.54) is 0 Å². The molecule has 0 spiro atoms. The third kappa shape index (κ3) is 4.19. The Labute approximate surface area is 165 Å². The van der Waals surface area contributed by atoms with Crippen molar-refractivity contribution in [3.05, 3.63) is 24.3 Å². The number of nitrogens with one attached hydrogen (secondary N) is 1. The number of rotatable bonds is 6. The first-order valence-electron chi connectivity index (χ1n) is 10.3. The number of benzene rings is 1. The van der Waals surface area contributed by atoms with Gasteiger partial charge in [0, 0.05) is 26.2 Å². The zero-order valence-electron chi connectivity index (χ0n) is 16.4. The molecule has 28 heavy (non-hydrogen) atoms. The summed E-state index contributed by atoms with van der Waals surface area (Å²) in [4.78, 5) is 24.3. The molecule has 0 bridgehead atoms. The van der Waals surface area contributed by atoms with Crippen LogP contribution in [0.3, 0.4) is 0 Å². The van der Waals surface area contributed by atoms with Crippen molar-refractivity contribution in [2.45, 2.75) is 38.7 Å². The second kappa shape index (κ2) is 8.73. The predicted molar refractivity (Wildman–Crippen MR) is 108 cm³/mol. The lowest BCUT2D eigenvalue weighted by atomic mass is 9.97. The number of amides is 1. The van der Waals surface area contributed by atoms with E-state index < -0.39 is 0 Å². The van der Waals surface area contributed by atoms with Gasteiger partial charge in [-0.2, -0.15) is 0 Å². The van der Waals surface area contributed by atoms with Crippen LogP contribution < -0.4 is 15.0 Å². The Morgan fingerprint density at radius 1 is 1.25 bits per heavy atom. The van der Waals surface area contributed by atoms with Crippen molar-refractivity contribution in [2.75, 3.05) is 37.7 Å². The summed E-state index contributed by atoms with van der Waals surface area (Å²) in [5.74, 6) is 1.32. The van der Waals surface area contributed by atoms with Gasteiger partial charge in [0.2, 0.25) is 5.91 Å². The standard InChI is InChI=1S/C21H28N4O3/c1-2-27-21-19(23-17-9-3-4-10-18(17)24-21)25-11-5-7-15(14-25)20(26)22-13-16-8-6-12-28-16/h3-4,9-10,15-16H,2,5-8,11-14H2,1H3,(H,22,26)/t15-,16-/m1/s1. The van der Waals surface area contributed by atoms with E-state index >= 15 is 0 Å². The molecule has 7 heteroatoms. The predicted octanol–water partition coefficient (Wildman–Crippen LogP) is 2.54. The SMILES string of the molecule is CCOc1nc2ccccc2nc1N1CCC[C@@H](C(=O)NC[C@H]2CCCO2)C1. The maximum atomic E-state index is 12.7. The minimum atomic E-state index is -0.0575. The smallest absolute Gasteiger partial charge is 0.258 e. The lowest BCUT2D eigenvalue weighted by molar-refractivity contribution is -0.125. The van der Waals surface area contributed by atoms with E-state index in [2.05, 4.69) is 15.2 Å². The van der Waals surface area contributed by atoms with Gasteiger partial charge in [0.15, 0.2) is 5.82 Å². The number of hydrogen-bond donors (Lipinski definition) is 1. The largest absolute Gasteiger partial charge is 0.475 e. The van der Waals surface area contributed by atoms with Gasteiger partial charge >= 0.3 is 0 Å². The highest BCUT2D eigenvalue weighted by atomic mass is 16.5. The molecular weight excluding hydrogens is 356 g/mol. The van der Waals surface area contributed by atoms with Crippen LogP contribution in [0.1, 0.15) is 32.6 Å². The van der Waals surface area contributed by atoms with Gasteiger partial charge in [-0.05, 0) is 44.7 Å². The van der Waals surface area contributed by atoms with Crippen LogP contribution >= 0.6 is 0 Å². The van der Waals surface area contributed by atoms with Gasteiger partial charge < -0.3 is 19.7 Å². The maximum Gasteiger partial charge on any atom is 0.258 e. The lowest BCUT2D eigenvalue weighted by Crippen LogP contribution is -2.45. The van der Waals surface area contributed by atoms with E-state index in [0.717, 1.165) is 55.7 Å². The first-order valence-corrected chi connectivity index (χ1v) is 10.3. The number of piperidine rings is 1. The molecule has 0 unspecified atom stereocenters. The zero-order chi connectivity index (χ0) is 19.3. The maximum absolute atomic E-state index is 12.7. The van der Waals surface area contributed by atoms with E-state index in [9.17, 15) is 4.79 Å². The lowest BCUT2D eigenvalue weighted by Gasteiger charge is -2.33. The van der Waals surface area contributed by atoms with Crippen molar-refractivity contribution < 1.29 is 14.3 Å². The molecule has 0 radical (unpaired) electrons. The Morgan fingerprint density at radius 2 is 2.07 bits per heavy atom. The van der Waals surface area contributed by atoms with Crippen LogP contribution in [-0.4, -0.2) is 54.8 Å². The topological polar surface area (TPSA) is 76.6 Å². The van der Waals surface area contributed by atoms with Crippen molar-refractivity contribution in [2.24, 2.45) is 5.92 Å². The first kappa shape index (κ1) is 18.9. The van der Waals surface area contributed by atoms with Crippen LogP contribution in [0.2, 0.25) is 0 Å². The molecule has 0 saturated carbocycles. The van der Waals surface area contributed by atoms with Gasteiger partial charge in [0.05, 0.1) is 29.7 Å². The zero-order valence-corrected chi connectivity index (χ0v) is 16.4. The number of carbonyl (C=O) groups is 1. The fourth-order valence-corrected chi connectivity index (χ4v) is 3.96. The molecule has 2 aliphatic heterocycles. The molecule has 2 atom stereocenters. The molecule has 1 amide bonds. The Kier molecular flexibility index (Phi) is 5.90. The molecule has 4 rings (SSSR count). The third-order valence-corrected chi connectivity index (χ3v) is 5.42. The number of nitrogens with zero attached hydrogens (tertiary/aromatic N) is 3. The van der Waals surface area contributed by atoms with Crippen LogP contribution in [0.4, 0.5) is 5.82 Å². The molecule has 2 aromatic rings. The highest BCUT2D eigenvalue weighted by Crippen LogP contribution is 2.30. The molecule has 150 valence electrons. The van der Waals surface area contributed by atoms with Crippen LogP contribution in [-0.2, 0) is 9.53 Å². The van der Waals surface area contributed by atoms with Crippen molar-refractivity contribution in [3.8, 4) is 5.88 Å². The molecule has 1 aromatic carbocycles. The summed E-state index contributed by atoms with van der Waals surface area (Å²) in [6, 6.07) is 7.80. The van der Waals surface area contributed by atoms with Gasteiger partial charge in [-0.25, -0.2) is 9.97 Å². The third-order valence-electron chi connectivity index (χ3n) is 5.42. The summed E-state index contributed by atoms with van der Waals surface area (Å²) in [5, 5.41) is 3.08. The molecule has 2 aliphatic rings. The quantitative estimate of drug-likeness (QED) is 0.825. The Balaban J connectivity index is 1.48. The highest BCUT2D eigenvalue weighted by molar-refractivity contribution is 5.80. The van der Waals surface area contributed by atoms with Crippen LogP contribution in [0.5, 0.6) is 5.88 Å². The molecule has 1 N–H and O–H groups in total. The summed E-state index contributed by atoms with van der Waals surface area (Å²) in [6.45, 7) is 5.36. The number of fused-ring (bicyclic) bond motifs is 1. The fourth-order valence-electron chi connectivity index (χ4n) is 3.96. The minimum absolute atomic E-state index is 0.0575. The number of para-hydroxylation sites is 2. The van der Waals surface area contributed by atoms with Gasteiger partial charge in [0.25, 0.3) is 5.88 Å². The molecule has 7 nitrogen and oxygen atoms in total. The average molecular weight is 384 g/mol. The van der Waals surface area contributed by atoms with Crippen LogP contribution in [0.25, 0.3) is 11.0 Å². The molecule has 1 aromatic heterocycles. The number of hydrogen-bond acceptors (Lipinski definition) is 6. The van der Waals surface area contributed by atoms with E-state index in [0.29, 0.717) is 25.6 Å². The average Bonchev–Trinajstić information content (AvgIpc) is 3.25. The second-order valence-corrected chi connectivity index (χ2v) is 7.44. The fraction of sp³-hybridized carbons (Fsp3) is 0.571. The van der Waals surface area contributed by atoms with E-state index in [4.69, 9.17) is 14.5 Å². The van der Waals surface area contributed by atoms with Crippen molar-refractivity contribution in [1.29, 1.82) is 0 Å². The van der Waals surface area contributed by atoms with Crippen LogP contribution in [0.15, 0.2) is 24.3 Å². The monoisotopic (exact) mass is 384 g/mol. The normalized spacial score (nSPS) is 22.4. The van der Waals surface area contributed by atoms with E-state index in [-0.39, 0.29) is 17.9 Å². The Bertz CT molecular complexity index is 822. The minimum Gasteiger partial charge on any atom is -0.475 e. The van der Waals surface area contributed by atoms with Crippen molar-refractivity contribution in [1.82, 2.24) is 15.3 Å². The molecule has 0 aliphatic carbocycles. The summed E-state index contributed by atoms with van der Waals surface area (Å²) in [5.41, 5.74) is 1.66.